The molecule has 1 saturated heterocycles. The monoisotopic (exact) mass is 393 g/mol. The number of pyridine rings is 1. The van der Waals surface area contributed by atoms with Gasteiger partial charge in [-0.25, -0.2) is 18.3 Å². The Hall–Kier alpha value is -3.42. The number of alkyl halides is 2. The maximum atomic E-state index is 13.4. The van der Waals surface area contributed by atoms with E-state index in [0.717, 1.165) is 11.1 Å². The summed E-state index contributed by atoms with van der Waals surface area (Å²) >= 11 is 0. The predicted octanol–water partition coefficient (Wildman–Crippen LogP) is 3.82. The van der Waals surface area contributed by atoms with Gasteiger partial charge in [-0.05, 0) is 36.4 Å². The van der Waals surface area contributed by atoms with E-state index in [0.29, 0.717) is 22.3 Å². The minimum absolute atomic E-state index is 0.0565. The molecule has 146 valence electrons. The summed E-state index contributed by atoms with van der Waals surface area (Å²) in [7, 11) is 0. The first-order chi connectivity index (χ1) is 14.0. The number of likely N-dealkylation sites (tertiary alicyclic amines) is 1. The molecule has 0 saturated carbocycles. The van der Waals surface area contributed by atoms with Crippen LogP contribution in [0.3, 0.4) is 0 Å². The van der Waals surface area contributed by atoms with Gasteiger partial charge in [-0.1, -0.05) is 0 Å². The zero-order valence-corrected chi connectivity index (χ0v) is 15.4. The largest absolute Gasteiger partial charge is 0.338 e. The highest BCUT2D eigenvalue weighted by Crippen LogP contribution is 2.29. The van der Waals surface area contributed by atoms with Crippen LogP contribution in [0.25, 0.3) is 27.8 Å². The number of fused-ring (bicyclic) bond motifs is 2. The lowest BCUT2D eigenvalue weighted by Gasteiger charge is -2.31. The third-order valence-corrected chi connectivity index (χ3v) is 5.27. The summed E-state index contributed by atoms with van der Waals surface area (Å²) < 4.78 is 28.5. The molecule has 1 aromatic carbocycles. The Kier molecular flexibility index (Phi) is 4.01. The number of halogens is 2. The van der Waals surface area contributed by atoms with Crippen LogP contribution in [0.1, 0.15) is 23.2 Å². The van der Waals surface area contributed by atoms with E-state index in [1.54, 1.807) is 35.1 Å². The second-order valence-electron chi connectivity index (χ2n) is 7.22. The summed E-state index contributed by atoms with van der Waals surface area (Å²) in [6, 6.07) is 10.8. The Morgan fingerprint density at radius 1 is 1.03 bits per heavy atom. The number of carbonyl (C=O) groups is 1. The Balaban J connectivity index is 1.47. The van der Waals surface area contributed by atoms with E-state index in [9.17, 15) is 13.6 Å². The molecule has 5 rings (SSSR count). The second-order valence-corrected chi connectivity index (χ2v) is 7.22. The average Bonchev–Trinajstić information content (AvgIpc) is 3.20. The molecule has 1 aliphatic rings. The molecule has 0 bridgehead atoms. The van der Waals surface area contributed by atoms with Crippen molar-refractivity contribution in [3.8, 4) is 11.3 Å². The Labute approximate surface area is 164 Å². The highest BCUT2D eigenvalue weighted by atomic mass is 19.3. The number of carbonyl (C=O) groups excluding carboxylic acids is 1. The lowest BCUT2D eigenvalue weighted by molar-refractivity contribution is -0.0494. The molecule has 8 heteroatoms. The molecule has 4 heterocycles. The lowest BCUT2D eigenvalue weighted by atomic mass is 10.1. The van der Waals surface area contributed by atoms with Crippen molar-refractivity contribution >= 4 is 22.5 Å². The number of hydrogen-bond donors (Lipinski definition) is 0. The van der Waals surface area contributed by atoms with Gasteiger partial charge in [-0.15, -0.1) is 0 Å². The fourth-order valence-corrected chi connectivity index (χ4v) is 3.58. The van der Waals surface area contributed by atoms with Crippen molar-refractivity contribution in [2.75, 3.05) is 13.1 Å². The number of hydrogen-bond acceptors (Lipinski definition) is 4. The number of rotatable bonds is 2. The molecular formula is C21H17F2N5O. The minimum Gasteiger partial charge on any atom is -0.338 e. The van der Waals surface area contributed by atoms with Crippen molar-refractivity contribution in [3.63, 3.8) is 0 Å². The van der Waals surface area contributed by atoms with E-state index < -0.39 is 5.92 Å². The summed E-state index contributed by atoms with van der Waals surface area (Å²) in [6.45, 7) is 0.113. The number of piperidine rings is 1. The number of benzene rings is 1. The lowest BCUT2D eigenvalue weighted by Crippen LogP contribution is -2.42. The second kappa shape index (κ2) is 6.58. The summed E-state index contributed by atoms with van der Waals surface area (Å²) in [4.78, 5) is 23.3. The van der Waals surface area contributed by atoms with Crippen molar-refractivity contribution in [3.05, 3.63) is 60.6 Å². The van der Waals surface area contributed by atoms with Crippen molar-refractivity contribution < 1.29 is 13.6 Å². The van der Waals surface area contributed by atoms with Crippen molar-refractivity contribution in [1.29, 1.82) is 0 Å². The van der Waals surface area contributed by atoms with E-state index in [-0.39, 0.29) is 31.8 Å². The molecule has 0 radical (unpaired) electrons. The van der Waals surface area contributed by atoms with Crippen LogP contribution in [-0.2, 0) is 0 Å². The third kappa shape index (κ3) is 3.30. The first-order valence-electron chi connectivity index (χ1n) is 9.36. The fraction of sp³-hybridized carbons (Fsp3) is 0.238. The predicted molar refractivity (Wildman–Crippen MR) is 104 cm³/mol. The molecule has 0 atom stereocenters. The van der Waals surface area contributed by atoms with Crippen molar-refractivity contribution in [2.45, 2.75) is 18.8 Å². The van der Waals surface area contributed by atoms with Gasteiger partial charge < -0.3 is 4.90 Å². The molecule has 29 heavy (non-hydrogen) atoms. The van der Waals surface area contributed by atoms with Gasteiger partial charge in [-0.3, -0.25) is 9.78 Å². The average molecular weight is 393 g/mol. The molecular weight excluding hydrogens is 376 g/mol. The SMILES string of the molecule is O=C(c1ccc2ncc(-c3ccn4nccc4c3)nc2c1)N1CCC(F)(F)CC1. The Morgan fingerprint density at radius 3 is 2.69 bits per heavy atom. The fourth-order valence-electron chi connectivity index (χ4n) is 3.58. The molecule has 0 aliphatic carbocycles. The van der Waals surface area contributed by atoms with Crippen molar-refractivity contribution in [2.24, 2.45) is 0 Å². The van der Waals surface area contributed by atoms with Crippen LogP contribution < -0.4 is 0 Å². The Bertz CT molecular complexity index is 1230. The van der Waals surface area contributed by atoms with Gasteiger partial charge in [0.25, 0.3) is 11.8 Å². The molecule has 0 spiro atoms. The first-order valence-corrected chi connectivity index (χ1v) is 9.36. The summed E-state index contributed by atoms with van der Waals surface area (Å²) in [5.74, 6) is -2.94. The van der Waals surface area contributed by atoms with Gasteiger partial charge in [0, 0.05) is 49.5 Å². The summed E-state index contributed by atoms with van der Waals surface area (Å²) in [5, 5.41) is 4.18. The Morgan fingerprint density at radius 2 is 1.86 bits per heavy atom. The van der Waals surface area contributed by atoms with Crippen LogP contribution in [0.2, 0.25) is 0 Å². The highest BCUT2D eigenvalue weighted by Gasteiger charge is 2.35. The van der Waals surface area contributed by atoms with E-state index in [1.165, 1.54) is 4.90 Å². The molecule has 1 amide bonds. The van der Waals surface area contributed by atoms with Gasteiger partial charge in [-0.2, -0.15) is 5.10 Å². The van der Waals surface area contributed by atoms with Gasteiger partial charge in [0.2, 0.25) is 0 Å². The standard InChI is InChI=1S/C21H17F2N5O/c22-21(23)5-9-27(10-6-21)20(29)15-1-2-17-18(12-15)26-19(13-24-17)14-4-8-28-16(11-14)3-7-25-28/h1-4,7-8,11-13H,5-6,9-10H2. The van der Waals surface area contributed by atoms with Crippen LogP contribution >= 0.6 is 0 Å². The van der Waals surface area contributed by atoms with E-state index in [4.69, 9.17) is 0 Å². The van der Waals surface area contributed by atoms with Crippen molar-refractivity contribution in [1.82, 2.24) is 24.5 Å². The maximum absolute atomic E-state index is 13.4. The number of amides is 1. The van der Waals surface area contributed by atoms with Crippen LogP contribution in [-0.4, -0.2) is 49.4 Å². The molecule has 3 aromatic heterocycles. The summed E-state index contributed by atoms with van der Waals surface area (Å²) in [5.41, 5.74) is 4.20. The molecule has 6 nitrogen and oxygen atoms in total. The highest BCUT2D eigenvalue weighted by molar-refractivity contribution is 5.97. The van der Waals surface area contributed by atoms with E-state index in [2.05, 4.69) is 15.1 Å². The maximum Gasteiger partial charge on any atom is 0.253 e. The molecule has 1 aliphatic heterocycles. The number of nitrogens with zero attached hydrogens (tertiary/aromatic N) is 5. The van der Waals surface area contributed by atoms with Gasteiger partial charge >= 0.3 is 0 Å². The minimum atomic E-state index is -2.68. The number of aromatic nitrogens is 4. The van der Waals surface area contributed by atoms with Crippen LogP contribution in [0.4, 0.5) is 8.78 Å². The zero-order valence-electron chi connectivity index (χ0n) is 15.4. The summed E-state index contributed by atoms with van der Waals surface area (Å²) in [6.07, 6.45) is 4.67. The third-order valence-electron chi connectivity index (χ3n) is 5.27. The molecule has 0 N–H and O–H groups in total. The van der Waals surface area contributed by atoms with E-state index >= 15 is 0 Å². The molecule has 4 aromatic rings. The molecule has 0 unspecified atom stereocenters. The quantitative estimate of drug-likeness (QED) is 0.519. The van der Waals surface area contributed by atoms with Crippen LogP contribution in [0.15, 0.2) is 55.0 Å². The molecule has 1 fully saturated rings. The van der Waals surface area contributed by atoms with Crippen LogP contribution in [0.5, 0.6) is 0 Å². The topological polar surface area (TPSA) is 63.4 Å². The van der Waals surface area contributed by atoms with Crippen LogP contribution in [0, 0.1) is 0 Å². The van der Waals surface area contributed by atoms with E-state index in [1.807, 2.05) is 24.4 Å². The van der Waals surface area contributed by atoms with Gasteiger partial charge in [0.1, 0.15) is 0 Å². The van der Waals surface area contributed by atoms with Gasteiger partial charge in [0.15, 0.2) is 0 Å². The normalized spacial score (nSPS) is 16.4. The first kappa shape index (κ1) is 17.7. The van der Waals surface area contributed by atoms with Gasteiger partial charge in [0.05, 0.1) is 28.4 Å². The zero-order chi connectivity index (χ0) is 20.0. The smallest absolute Gasteiger partial charge is 0.253 e.